The number of aromatic amines is 1. The monoisotopic (exact) mass is 519 g/mol. The fraction of sp³-hybridized carbons (Fsp3) is 0.273. The first-order valence-corrected chi connectivity index (χ1v) is 13.7. The Balaban J connectivity index is 1.16. The van der Waals surface area contributed by atoms with Gasteiger partial charge in [0.25, 0.3) is 5.56 Å². The van der Waals surface area contributed by atoms with Crippen LogP contribution in [0, 0.1) is 11.8 Å². The molecule has 1 aliphatic carbocycles. The zero-order valence-electron chi connectivity index (χ0n) is 22.1. The van der Waals surface area contributed by atoms with Crippen LogP contribution in [0.4, 0.5) is 5.69 Å². The molecule has 2 atom stereocenters. The highest BCUT2D eigenvalue weighted by Gasteiger charge is 2.58. The van der Waals surface area contributed by atoms with Gasteiger partial charge in [-0.25, -0.2) is 4.79 Å². The van der Waals surface area contributed by atoms with E-state index in [1.165, 1.54) is 22.9 Å². The van der Waals surface area contributed by atoms with Crippen LogP contribution in [0.5, 0.6) is 0 Å². The van der Waals surface area contributed by atoms with Crippen molar-refractivity contribution in [1.82, 2.24) is 9.88 Å². The Labute approximate surface area is 228 Å². The number of pyridine rings is 1. The molecule has 2 N–H and O–H groups in total. The van der Waals surface area contributed by atoms with Crippen LogP contribution >= 0.6 is 0 Å². The number of hydrogen-bond acceptors (Lipinski definition) is 4. The molecule has 2 fully saturated rings. The lowest BCUT2D eigenvalue weighted by atomic mass is 10.0. The fourth-order valence-corrected chi connectivity index (χ4v) is 6.26. The van der Waals surface area contributed by atoms with Crippen molar-refractivity contribution in [2.75, 3.05) is 18.0 Å². The Hall–Kier alpha value is -4.16. The molecule has 1 aromatic heterocycles. The molecule has 6 heteroatoms. The minimum Gasteiger partial charge on any atom is -0.477 e. The summed E-state index contributed by atoms with van der Waals surface area (Å²) in [4.78, 5) is 31.6. The molecule has 3 aromatic carbocycles. The summed E-state index contributed by atoms with van der Waals surface area (Å²) in [6.07, 6.45) is 0.632. The quantitative estimate of drug-likeness (QED) is 0.308. The Morgan fingerprint density at radius 3 is 1.97 bits per heavy atom. The zero-order valence-corrected chi connectivity index (χ0v) is 22.1. The molecule has 2 unspecified atom stereocenters. The van der Waals surface area contributed by atoms with Gasteiger partial charge in [0.1, 0.15) is 5.56 Å². The number of benzene rings is 3. The second kappa shape index (κ2) is 10.5. The number of anilines is 1. The molecule has 1 saturated heterocycles. The largest absolute Gasteiger partial charge is 0.477 e. The molecule has 0 spiro atoms. The van der Waals surface area contributed by atoms with Crippen molar-refractivity contribution < 1.29 is 9.90 Å². The first-order valence-electron chi connectivity index (χ1n) is 13.7. The Bertz CT molecular complexity index is 1460. The number of rotatable bonds is 9. The van der Waals surface area contributed by atoms with Crippen LogP contribution < -0.4 is 10.5 Å². The minimum absolute atomic E-state index is 0.216. The number of nitrogens with one attached hydrogen (secondary N) is 1. The number of hydrogen-bond donors (Lipinski definition) is 2. The van der Waals surface area contributed by atoms with Crippen molar-refractivity contribution in [1.29, 1.82) is 0 Å². The van der Waals surface area contributed by atoms with Crippen LogP contribution in [-0.4, -0.2) is 40.1 Å². The second-order valence-corrected chi connectivity index (χ2v) is 10.7. The van der Waals surface area contributed by atoms with Crippen LogP contribution in [0.3, 0.4) is 0 Å². The minimum atomic E-state index is -1.20. The van der Waals surface area contributed by atoms with Gasteiger partial charge in [-0.3, -0.25) is 9.69 Å². The van der Waals surface area contributed by atoms with Gasteiger partial charge in [0.2, 0.25) is 0 Å². The van der Waals surface area contributed by atoms with Crippen molar-refractivity contribution in [3.8, 4) is 11.3 Å². The molecule has 198 valence electrons. The van der Waals surface area contributed by atoms with Gasteiger partial charge >= 0.3 is 5.97 Å². The van der Waals surface area contributed by atoms with Gasteiger partial charge in [-0.15, -0.1) is 0 Å². The van der Waals surface area contributed by atoms with Crippen LogP contribution in [-0.2, 0) is 19.5 Å². The van der Waals surface area contributed by atoms with Crippen LogP contribution in [0.2, 0.25) is 0 Å². The van der Waals surface area contributed by atoms with E-state index in [0.29, 0.717) is 30.0 Å². The van der Waals surface area contributed by atoms with Gasteiger partial charge in [-0.2, -0.15) is 0 Å². The van der Waals surface area contributed by atoms with E-state index >= 15 is 0 Å². The first-order chi connectivity index (χ1) is 19.0. The van der Waals surface area contributed by atoms with Crippen LogP contribution in [0.1, 0.15) is 34.0 Å². The third-order valence-corrected chi connectivity index (χ3v) is 8.28. The van der Waals surface area contributed by atoms with E-state index in [1.54, 1.807) is 0 Å². The van der Waals surface area contributed by atoms with Crippen molar-refractivity contribution in [3.63, 3.8) is 0 Å². The highest BCUT2D eigenvalue weighted by atomic mass is 16.4. The highest BCUT2D eigenvalue weighted by Crippen LogP contribution is 2.50. The zero-order chi connectivity index (χ0) is 26.9. The number of nitrogens with zero attached hydrogens (tertiary/aromatic N) is 2. The maximum atomic E-state index is 12.3. The summed E-state index contributed by atoms with van der Waals surface area (Å²) < 4.78 is 0. The summed E-state index contributed by atoms with van der Waals surface area (Å²) in [5.41, 5.74) is 5.52. The Kier molecular flexibility index (Phi) is 6.79. The number of carboxylic acids is 1. The van der Waals surface area contributed by atoms with Crippen molar-refractivity contribution in [2.45, 2.75) is 32.5 Å². The van der Waals surface area contributed by atoms with E-state index < -0.39 is 11.5 Å². The fourth-order valence-electron chi connectivity index (χ4n) is 6.26. The molecule has 2 heterocycles. The molecule has 6 rings (SSSR count). The smallest absolute Gasteiger partial charge is 0.341 e. The van der Waals surface area contributed by atoms with Crippen LogP contribution in [0.25, 0.3) is 11.3 Å². The number of piperidine rings is 1. The van der Waals surface area contributed by atoms with E-state index in [2.05, 4.69) is 87.6 Å². The lowest BCUT2D eigenvalue weighted by Crippen LogP contribution is -2.34. The van der Waals surface area contributed by atoms with E-state index in [-0.39, 0.29) is 5.56 Å². The number of H-pyrrole nitrogens is 1. The number of aryl methyl sites for hydroxylation is 1. The van der Waals surface area contributed by atoms with E-state index in [1.807, 2.05) is 19.1 Å². The van der Waals surface area contributed by atoms with Crippen molar-refractivity contribution in [2.24, 2.45) is 11.8 Å². The topological polar surface area (TPSA) is 76.6 Å². The molecule has 6 nitrogen and oxygen atoms in total. The van der Waals surface area contributed by atoms with E-state index in [0.717, 1.165) is 37.3 Å². The Morgan fingerprint density at radius 1 is 0.897 bits per heavy atom. The average molecular weight is 520 g/mol. The van der Waals surface area contributed by atoms with Gasteiger partial charge in [0.05, 0.1) is 5.69 Å². The Morgan fingerprint density at radius 2 is 1.46 bits per heavy atom. The summed E-state index contributed by atoms with van der Waals surface area (Å²) in [5, 5.41) is 9.30. The average Bonchev–Trinajstić information content (AvgIpc) is 3.46. The molecule has 1 saturated carbocycles. The highest BCUT2D eigenvalue weighted by molar-refractivity contribution is 5.88. The summed E-state index contributed by atoms with van der Waals surface area (Å²) in [5.74, 6) is 0.109. The normalized spacial score (nSPS) is 19.7. The maximum Gasteiger partial charge on any atom is 0.341 e. The molecule has 1 aliphatic heterocycles. The number of aromatic carboxylic acids is 1. The van der Waals surface area contributed by atoms with Gasteiger partial charge in [0.15, 0.2) is 0 Å². The van der Waals surface area contributed by atoms with Gasteiger partial charge in [0, 0.05) is 37.9 Å². The molecule has 0 radical (unpaired) electrons. The van der Waals surface area contributed by atoms with E-state index in [4.69, 9.17) is 0 Å². The lowest BCUT2D eigenvalue weighted by molar-refractivity contribution is 0.0695. The van der Waals surface area contributed by atoms with Crippen LogP contribution in [0.15, 0.2) is 95.8 Å². The molecule has 0 amide bonds. The van der Waals surface area contributed by atoms with Gasteiger partial charge in [-0.05, 0) is 58.7 Å². The standard InChI is InChI=1S/C33H33N3O3/c1-2-24-17-27(33(38)39)32(37)34-30(24)25-13-15-26(16-14-25)35-20-28-29(21-35)31(28)36(18-22-9-5-3-6-10-22)19-23-11-7-4-8-12-23/h3-17,28-29,31H,2,18-21H2,1H3,(H,34,37)(H,38,39). The van der Waals surface area contributed by atoms with E-state index in [9.17, 15) is 14.7 Å². The molecule has 4 aromatic rings. The molecular formula is C33H33N3O3. The van der Waals surface area contributed by atoms with Crippen molar-refractivity contribution in [3.05, 3.63) is 124 Å². The predicted octanol–water partition coefficient (Wildman–Crippen LogP) is 5.44. The SMILES string of the molecule is CCc1cc(C(=O)O)c(=O)[nH]c1-c1ccc(N2CC3C(C2)C3N(Cc2ccccc2)Cc2ccccc2)cc1. The van der Waals surface area contributed by atoms with Gasteiger partial charge in [-0.1, -0.05) is 79.7 Å². The number of carboxylic acid groups (broad SMARTS) is 1. The maximum absolute atomic E-state index is 12.3. The summed E-state index contributed by atoms with van der Waals surface area (Å²) >= 11 is 0. The third-order valence-electron chi connectivity index (χ3n) is 8.28. The number of carbonyl (C=O) groups is 1. The predicted molar refractivity (Wildman–Crippen MR) is 154 cm³/mol. The number of aromatic nitrogens is 1. The third kappa shape index (κ3) is 5.12. The molecule has 0 bridgehead atoms. The molecule has 2 aliphatic rings. The second-order valence-electron chi connectivity index (χ2n) is 10.7. The molecular weight excluding hydrogens is 486 g/mol. The first kappa shape index (κ1) is 25.1. The summed E-state index contributed by atoms with van der Waals surface area (Å²) in [6, 6.07) is 31.9. The number of fused-ring (bicyclic) bond motifs is 1. The lowest BCUT2D eigenvalue weighted by Gasteiger charge is -2.28. The van der Waals surface area contributed by atoms with Gasteiger partial charge < -0.3 is 15.0 Å². The molecule has 39 heavy (non-hydrogen) atoms. The van der Waals surface area contributed by atoms with Crippen molar-refractivity contribution >= 4 is 11.7 Å². The summed E-state index contributed by atoms with van der Waals surface area (Å²) in [7, 11) is 0. The summed E-state index contributed by atoms with van der Waals surface area (Å²) in [6.45, 7) is 5.96.